The number of nitrogens with one attached hydrogen (secondary N) is 4. The monoisotopic (exact) mass is 382 g/mol. The van der Waals surface area contributed by atoms with Gasteiger partial charge in [0.1, 0.15) is 0 Å². The first-order valence-corrected chi connectivity index (χ1v) is 9.62. The molecule has 0 saturated heterocycles. The lowest BCUT2D eigenvalue weighted by atomic mass is 10.1. The minimum absolute atomic E-state index is 0.0740. The molecular weight excluding hydrogens is 352 g/mol. The molecule has 2 aromatic rings. The summed E-state index contributed by atoms with van der Waals surface area (Å²) in [4.78, 5) is 24.7. The second-order valence-corrected chi connectivity index (χ2v) is 6.64. The van der Waals surface area contributed by atoms with Crippen molar-refractivity contribution < 1.29 is 9.59 Å². The topological polar surface area (TPSA) is 82.3 Å². The Hall–Kier alpha value is -2.70. The third kappa shape index (κ3) is 7.13. The zero-order chi connectivity index (χ0) is 20.2. The average Bonchev–Trinajstić information content (AvgIpc) is 2.74. The standard InChI is InChI=1S/C22H30N4O2/c1-23-19(15-17-9-5-3-6-10-17)21(27)25-13-14-26-22(28)20(24-2)16-18-11-7-4-8-12-18/h3-12,19-20,23-24H,13-16H2,1-2H3,(H,25,27)(H,26,28)/t19-,20-/m0/s1. The molecule has 0 aliphatic heterocycles. The normalized spacial score (nSPS) is 12.8. The van der Waals surface area contributed by atoms with Gasteiger partial charge < -0.3 is 21.3 Å². The molecule has 2 atom stereocenters. The first-order valence-electron chi connectivity index (χ1n) is 9.62. The molecule has 0 aliphatic rings. The van der Waals surface area contributed by atoms with Gasteiger partial charge in [-0.05, 0) is 38.1 Å². The summed E-state index contributed by atoms with van der Waals surface area (Å²) in [6.45, 7) is 0.776. The molecule has 0 saturated carbocycles. The summed E-state index contributed by atoms with van der Waals surface area (Å²) in [6, 6.07) is 19.2. The molecule has 6 heteroatoms. The van der Waals surface area contributed by atoms with Crippen LogP contribution in [0, 0.1) is 0 Å². The minimum Gasteiger partial charge on any atom is -0.353 e. The molecule has 0 heterocycles. The van der Waals surface area contributed by atoms with E-state index in [-0.39, 0.29) is 23.9 Å². The first kappa shape index (κ1) is 21.6. The maximum atomic E-state index is 12.4. The van der Waals surface area contributed by atoms with Crippen LogP contribution in [0.2, 0.25) is 0 Å². The van der Waals surface area contributed by atoms with E-state index in [4.69, 9.17) is 0 Å². The van der Waals surface area contributed by atoms with Gasteiger partial charge in [-0.3, -0.25) is 9.59 Å². The summed E-state index contributed by atoms with van der Waals surface area (Å²) in [5, 5.41) is 11.8. The van der Waals surface area contributed by atoms with Crippen LogP contribution in [-0.2, 0) is 22.4 Å². The molecule has 2 rings (SSSR count). The van der Waals surface area contributed by atoms with Gasteiger partial charge in [-0.15, -0.1) is 0 Å². The fourth-order valence-corrected chi connectivity index (χ4v) is 2.97. The highest BCUT2D eigenvalue weighted by Crippen LogP contribution is 2.04. The Morgan fingerprint density at radius 3 is 1.36 bits per heavy atom. The van der Waals surface area contributed by atoms with E-state index >= 15 is 0 Å². The summed E-state index contributed by atoms with van der Waals surface area (Å²) in [5.74, 6) is -0.148. The number of hydrogen-bond donors (Lipinski definition) is 4. The number of carbonyl (C=O) groups is 2. The van der Waals surface area contributed by atoms with Crippen molar-refractivity contribution in [3.05, 3.63) is 71.8 Å². The van der Waals surface area contributed by atoms with E-state index < -0.39 is 0 Å². The quantitative estimate of drug-likeness (QED) is 0.435. The molecular formula is C22H30N4O2. The molecule has 0 fully saturated rings. The van der Waals surface area contributed by atoms with Gasteiger partial charge in [0.25, 0.3) is 0 Å². The first-order chi connectivity index (χ1) is 13.6. The zero-order valence-corrected chi connectivity index (χ0v) is 16.6. The Balaban J connectivity index is 1.72. The second kappa shape index (κ2) is 11.9. The Kier molecular flexibility index (Phi) is 9.18. The maximum absolute atomic E-state index is 12.4. The number of carbonyl (C=O) groups excluding carboxylic acids is 2. The molecule has 28 heavy (non-hydrogen) atoms. The molecule has 2 amide bonds. The number of rotatable bonds is 11. The van der Waals surface area contributed by atoms with Crippen LogP contribution in [0.1, 0.15) is 11.1 Å². The van der Waals surface area contributed by atoms with Gasteiger partial charge in [0.2, 0.25) is 11.8 Å². The predicted molar refractivity (Wildman–Crippen MR) is 112 cm³/mol. The molecule has 150 valence electrons. The molecule has 2 aromatic carbocycles. The molecule has 0 spiro atoms. The van der Waals surface area contributed by atoms with Crippen LogP contribution in [0.4, 0.5) is 0 Å². The van der Waals surface area contributed by atoms with Gasteiger partial charge in [0.15, 0.2) is 0 Å². The van der Waals surface area contributed by atoms with Gasteiger partial charge in [0, 0.05) is 13.1 Å². The van der Waals surface area contributed by atoms with Gasteiger partial charge in [-0.2, -0.15) is 0 Å². The third-order valence-corrected chi connectivity index (χ3v) is 4.62. The van der Waals surface area contributed by atoms with Crippen molar-refractivity contribution in [1.29, 1.82) is 0 Å². The average molecular weight is 383 g/mol. The smallest absolute Gasteiger partial charge is 0.237 e. The van der Waals surface area contributed by atoms with Gasteiger partial charge >= 0.3 is 0 Å². The molecule has 0 unspecified atom stereocenters. The molecule has 0 radical (unpaired) electrons. The van der Waals surface area contributed by atoms with Crippen molar-refractivity contribution >= 4 is 11.8 Å². The van der Waals surface area contributed by atoms with Crippen molar-refractivity contribution in [1.82, 2.24) is 21.3 Å². The van der Waals surface area contributed by atoms with Crippen molar-refractivity contribution in [2.75, 3.05) is 27.2 Å². The van der Waals surface area contributed by atoms with E-state index in [1.165, 1.54) is 0 Å². The van der Waals surface area contributed by atoms with E-state index in [9.17, 15) is 9.59 Å². The van der Waals surface area contributed by atoms with Crippen molar-refractivity contribution in [3.8, 4) is 0 Å². The van der Waals surface area contributed by atoms with Crippen LogP contribution in [0.3, 0.4) is 0 Å². The highest BCUT2D eigenvalue weighted by molar-refractivity contribution is 5.83. The van der Waals surface area contributed by atoms with Gasteiger partial charge in [0.05, 0.1) is 12.1 Å². The zero-order valence-electron chi connectivity index (χ0n) is 16.6. The fourth-order valence-electron chi connectivity index (χ4n) is 2.97. The molecule has 0 aliphatic carbocycles. The van der Waals surface area contributed by atoms with Crippen LogP contribution in [-0.4, -0.2) is 51.1 Å². The van der Waals surface area contributed by atoms with E-state index in [2.05, 4.69) is 21.3 Å². The largest absolute Gasteiger partial charge is 0.353 e. The highest BCUT2D eigenvalue weighted by atomic mass is 16.2. The van der Waals surface area contributed by atoms with Gasteiger partial charge in [-0.1, -0.05) is 60.7 Å². The molecule has 0 bridgehead atoms. The van der Waals surface area contributed by atoms with Crippen LogP contribution >= 0.6 is 0 Å². The lowest BCUT2D eigenvalue weighted by Crippen LogP contribution is -2.48. The molecule has 0 aromatic heterocycles. The Morgan fingerprint density at radius 1 is 0.679 bits per heavy atom. The van der Waals surface area contributed by atoms with Crippen LogP contribution in [0.5, 0.6) is 0 Å². The van der Waals surface area contributed by atoms with E-state index in [0.717, 1.165) is 11.1 Å². The van der Waals surface area contributed by atoms with E-state index in [1.54, 1.807) is 14.1 Å². The van der Waals surface area contributed by atoms with Crippen LogP contribution in [0.15, 0.2) is 60.7 Å². The minimum atomic E-state index is -0.304. The van der Waals surface area contributed by atoms with Crippen molar-refractivity contribution in [2.24, 2.45) is 0 Å². The fraction of sp³-hybridized carbons (Fsp3) is 0.364. The summed E-state index contributed by atoms with van der Waals surface area (Å²) < 4.78 is 0. The maximum Gasteiger partial charge on any atom is 0.237 e. The lowest BCUT2D eigenvalue weighted by molar-refractivity contribution is -0.124. The predicted octanol–water partition coefficient (Wildman–Crippen LogP) is 0.880. The van der Waals surface area contributed by atoms with Crippen LogP contribution in [0.25, 0.3) is 0 Å². The van der Waals surface area contributed by atoms with Crippen molar-refractivity contribution in [3.63, 3.8) is 0 Å². The molecule has 6 nitrogen and oxygen atoms in total. The lowest BCUT2D eigenvalue weighted by Gasteiger charge is -2.18. The highest BCUT2D eigenvalue weighted by Gasteiger charge is 2.18. The molecule has 4 N–H and O–H groups in total. The third-order valence-electron chi connectivity index (χ3n) is 4.62. The SMILES string of the molecule is CN[C@@H](Cc1ccccc1)C(=O)NCCNC(=O)[C@H](Cc1ccccc1)NC. The summed E-state index contributed by atoms with van der Waals surface area (Å²) in [6.07, 6.45) is 1.24. The number of benzene rings is 2. The Labute approximate surface area is 167 Å². The van der Waals surface area contributed by atoms with Gasteiger partial charge in [-0.25, -0.2) is 0 Å². The Morgan fingerprint density at radius 2 is 1.04 bits per heavy atom. The van der Waals surface area contributed by atoms with Crippen LogP contribution < -0.4 is 21.3 Å². The van der Waals surface area contributed by atoms with Crippen molar-refractivity contribution in [2.45, 2.75) is 24.9 Å². The van der Waals surface area contributed by atoms with E-state index in [1.807, 2.05) is 60.7 Å². The summed E-state index contributed by atoms with van der Waals surface area (Å²) in [5.41, 5.74) is 2.20. The summed E-state index contributed by atoms with van der Waals surface area (Å²) >= 11 is 0. The Bertz CT molecular complexity index is 658. The number of likely N-dealkylation sites (N-methyl/N-ethyl adjacent to an activating group) is 2. The summed E-state index contributed by atoms with van der Waals surface area (Å²) in [7, 11) is 3.55. The number of amides is 2. The number of hydrogen-bond acceptors (Lipinski definition) is 4. The van der Waals surface area contributed by atoms with E-state index in [0.29, 0.717) is 25.9 Å². The second-order valence-electron chi connectivity index (χ2n) is 6.64.